The maximum Gasteiger partial charge on any atom is 0.222 e. The predicted molar refractivity (Wildman–Crippen MR) is 132 cm³/mol. The molecular formula is C30H46O5. The Labute approximate surface area is 211 Å². The maximum atomic E-state index is 11.6. The van der Waals surface area contributed by atoms with E-state index in [1.54, 1.807) is 11.1 Å². The summed E-state index contributed by atoms with van der Waals surface area (Å²) in [5, 5.41) is 22.7. The Morgan fingerprint density at radius 2 is 1.66 bits per heavy atom. The van der Waals surface area contributed by atoms with Crippen LogP contribution in [-0.4, -0.2) is 51.6 Å². The van der Waals surface area contributed by atoms with Gasteiger partial charge in [-0.05, 0) is 99.2 Å². The van der Waals surface area contributed by atoms with Crippen LogP contribution in [0, 0.1) is 34.0 Å². The quantitative estimate of drug-likeness (QED) is 0.465. The molecule has 2 N–H and O–H groups in total. The molecular weight excluding hydrogens is 440 g/mol. The Hall–Kier alpha value is -0.460. The van der Waals surface area contributed by atoms with E-state index in [0.29, 0.717) is 17.9 Å². The summed E-state index contributed by atoms with van der Waals surface area (Å²) in [5.41, 5.74) is 2.99. The average Bonchev–Trinajstić information content (AvgIpc) is 3.34. The van der Waals surface area contributed by atoms with Crippen molar-refractivity contribution in [3.63, 3.8) is 0 Å². The Morgan fingerprint density at radius 3 is 2.40 bits per heavy atom. The average molecular weight is 487 g/mol. The van der Waals surface area contributed by atoms with E-state index in [2.05, 4.69) is 34.6 Å². The van der Waals surface area contributed by atoms with Gasteiger partial charge in [0.2, 0.25) is 5.79 Å². The molecule has 1 saturated carbocycles. The molecule has 35 heavy (non-hydrogen) atoms. The van der Waals surface area contributed by atoms with E-state index < -0.39 is 23.6 Å². The molecule has 3 aliphatic carbocycles. The zero-order valence-electron chi connectivity index (χ0n) is 22.8. The molecule has 1 spiro atoms. The van der Waals surface area contributed by atoms with Crippen LogP contribution in [0.25, 0.3) is 0 Å². The molecule has 5 fully saturated rings. The number of aliphatic hydroxyl groups excluding tert-OH is 1. The van der Waals surface area contributed by atoms with Crippen LogP contribution in [0.3, 0.4) is 0 Å². The van der Waals surface area contributed by atoms with Crippen molar-refractivity contribution < 1.29 is 24.4 Å². The zero-order valence-corrected chi connectivity index (χ0v) is 22.8. The van der Waals surface area contributed by atoms with Crippen LogP contribution >= 0.6 is 0 Å². The van der Waals surface area contributed by atoms with Crippen molar-refractivity contribution in [3.05, 3.63) is 11.1 Å². The zero-order chi connectivity index (χ0) is 25.0. The molecule has 5 nitrogen and oxygen atoms in total. The lowest BCUT2D eigenvalue weighted by atomic mass is 9.52. The molecule has 11 unspecified atom stereocenters. The van der Waals surface area contributed by atoms with Crippen LogP contribution in [0.4, 0.5) is 0 Å². The molecule has 4 saturated heterocycles. The number of aliphatic hydroxyl groups is 2. The van der Waals surface area contributed by atoms with Crippen molar-refractivity contribution in [2.45, 2.75) is 141 Å². The largest absolute Gasteiger partial charge is 0.384 e. The summed E-state index contributed by atoms with van der Waals surface area (Å²) >= 11 is 0. The molecule has 2 bridgehead atoms. The molecule has 4 heterocycles. The number of allylic oxidation sites excluding steroid dienone is 1. The highest BCUT2D eigenvalue weighted by molar-refractivity contribution is 5.37. The second-order valence-electron chi connectivity index (χ2n) is 15.2. The Balaban J connectivity index is 1.27. The molecule has 7 rings (SSSR count). The minimum absolute atomic E-state index is 0.0388. The fourth-order valence-electron chi connectivity index (χ4n) is 11.3. The topological polar surface area (TPSA) is 68.2 Å². The van der Waals surface area contributed by atoms with Crippen LogP contribution in [-0.2, 0) is 14.2 Å². The third kappa shape index (κ3) is 2.54. The number of hydrogen-bond donors (Lipinski definition) is 2. The lowest BCUT2D eigenvalue weighted by Gasteiger charge is -2.54. The van der Waals surface area contributed by atoms with Gasteiger partial charge in [0.25, 0.3) is 0 Å². The van der Waals surface area contributed by atoms with Crippen molar-refractivity contribution >= 4 is 0 Å². The van der Waals surface area contributed by atoms with E-state index in [4.69, 9.17) is 14.2 Å². The Bertz CT molecular complexity index is 1000. The van der Waals surface area contributed by atoms with Crippen molar-refractivity contribution in [1.29, 1.82) is 0 Å². The van der Waals surface area contributed by atoms with E-state index in [-0.39, 0.29) is 33.9 Å². The van der Waals surface area contributed by atoms with Gasteiger partial charge >= 0.3 is 0 Å². The fraction of sp³-hybridized carbons (Fsp3) is 0.933. The minimum Gasteiger partial charge on any atom is -0.384 e. The van der Waals surface area contributed by atoms with E-state index in [1.165, 1.54) is 25.7 Å². The standard InChI is InChI=1S/C30H46O5/c1-16-22-19(33-30(32)23(16)35-26(4,5)24(30)31)15-28(7)18-8-9-20-25(2,3)21-11-13-29(20,34-21)14-17(18)10-12-27(22,28)6/h16,19-24,31-32H,8-15H2,1-7H3. The van der Waals surface area contributed by atoms with Crippen LogP contribution < -0.4 is 0 Å². The number of ether oxygens (including phenoxy) is 3. The first-order valence-corrected chi connectivity index (χ1v) is 14.3. The van der Waals surface area contributed by atoms with Gasteiger partial charge < -0.3 is 24.4 Å². The first-order chi connectivity index (χ1) is 16.2. The molecule has 0 aromatic carbocycles. The van der Waals surface area contributed by atoms with Gasteiger partial charge in [0.15, 0.2) is 0 Å². The van der Waals surface area contributed by atoms with E-state index in [0.717, 1.165) is 25.7 Å². The first-order valence-electron chi connectivity index (χ1n) is 14.3. The van der Waals surface area contributed by atoms with E-state index in [1.807, 2.05) is 13.8 Å². The maximum absolute atomic E-state index is 11.6. The summed E-state index contributed by atoms with van der Waals surface area (Å²) in [7, 11) is 0. The Morgan fingerprint density at radius 1 is 0.914 bits per heavy atom. The van der Waals surface area contributed by atoms with Gasteiger partial charge in [0.1, 0.15) is 12.2 Å². The molecule has 0 radical (unpaired) electrons. The van der Waals surface area contributed by atoms with Gasteiger partial charge in [0.05, 0.1) is 23.4 Å². The second-order valence-corrected chi connectivity index (χ2v) is 15.2. The third-order valence-electron chi connectivity index (χ3n) is 13.1. The van der Waals surface area contributed by atoms with Crippen LogP contribution in [0.1, 0.15) is 99.8 Å². The third-order valence-corrected chi connectivity index (χ3v) is 13.1. The lowest BCUT2D eigenvalue weighted by molar-refractivity contribution is -0.326. The first kappa shape index (κ1) is 23.6. The van der Waals surface area contributed by atoms with E-state index in [9.17, 15) is 10.2 Å². The van der Waals surface area contributed by atoms with Gasteiger partial charge in [-0.1, -0.05) is 45.8 Å². The molecule has 4 aliphatic heterocycles. The summed E-state index contributed by atoms with van der Waals surface area (Å²) in [5.74, 6) is -0.570. The van der Waals surface area contributed by atoms with E-state index >= 15 is 0 Å². The Kier molecular flexibility index (Phi) is 4.44. The van der Waals surface area contributed by atoms with Gasteiger partial charge in [0, 0.05) is 0 Å². The summed E-state index contributed by atoms with van der Waals surface area (Å²) < 4.78 is 19.7. The van der Waals surface area contributed by atoms with Crippen molar-refractivity contribution in [3.8, 4) is 0 Å². The normalized spacial score (nSPS) is 59.4. The molecule has 5 heteroatoms. The molecule has 196 valence electrons. The summed E-state index contributed by atoms with van der Waals surface area (Å²) in [6, 6.07) is 0. The summed E-state index contributed by atoms with van der Waals surface area (Å²) in [6.45, 7) is 15.9. The summed E-state index contributed by atoms with van der Waals surface area (Å²) in [6.07, 6.45) is 8.00. The molecule has 7 aliphatic rings. The highest BCUT2D eigenvalue weighted by Crippen LogP contribution is 2.73. The highest BCUT2D eigenvalue weighted by Gasteiger charge is 2.74. The van der Waals surface area contributed by atoms with Crippen LogP contribution in [0.15, 0.2) is 11.1 Å². The van der Waals surface area contributed by atoms with Gasteiger partial charge in [-0.3, -0.25) is 0 Å². The van der Waals surface area contributed by atoms with Crippen LogP contribution in [0.2, 0.25) is 0 Å². The van der Waals surface area contributed by atoms with Gasteiger partial charge in [-0.15, -0.1) is 0 Å². The summed E-state index contributed by atoms with van der Waals surface area (Å²) in [4.78, 5) is 0. The van der Waals surface area contributed by atoms with Crippen molar-refractivity contribution in [2.75, 3.05) is 0 Å². The van der Waals surface area contributed by atoms with Gasteiger partial charge in [-0.2, -0.15) is 0 Å². The molecule has 11 atom stereocenters. The fourth-order valence-corrected chi connectivity index (χ4v) is 11.3. The molecule has 0 aromatic heterocycles. The monoisotopic (exact) mass is 486 g/mol. The molecule has 0 aromatic rings. The predicted octanol–water partition coefficient (Wildman–Crippen LogP) is 5.13. The number of hydrogen-bond acceptors (Lipinski definition) is 5. The van der Waals surface area contributed by atoms with Crippen molar-refractivity contribution in [2.24, 2.45) is 34.0 Å². The van der Waals surface area contributed by atoms with Crippen LogP contribution in [0.5, 0.6) is 0 Å². The highest BCUT2D eigenvalue weighted by atomic mass is 16.7. The SMILES string of the molecule is CC1C2OC(C)(C)C(O)C2(O)OC2CC3(C)C4=C(CCC3(C)C21)CC12CCC(O1)C(C)(C)C2CC4. The van der Waals surface area contributed by atoms with Gasteiger partial charge in [-0.25, -0.2) is 0 Å². The lowest BCUT2D eigenvalue weighted by Crippen LogP contribution is -2.62. The minimum atomic E-state index is -1.63. The van der Waals surface area contributed by atoms with Crippen molar-refractivity contribution in [1.82, 2.24) is 0 Å². The number of rotatable bonds is 0. The number of fused-ring (bicyclic) bond motifs is 6. The second kappa shape index (κ2) is 6.57. The smallest absolute Gasteiger partial charge is 0.222 e. The molecule has 0 amide bonds.